The summed E-state index contributed by atoms with van der Waals surface area (Å²) in [5, 5.41) is 2.85. The topological polar surface area (TPSA) is 59.8 Å². The first-order valence-electron chi connectivity index (χ1n) is 7.11. The number of halogens is 1. The Balaban J connectivity index is 1.76. The van der Waals surface area contributed by atoms with Crippen molar-refractivity contribution in [3.05, 3.63) is 77.9 Å². The van der Waals surface area contributed by atoms with Gasteiger partial charge in [-0.05, 0) is 48.9 Å². The molecule has 3 aromatic rings. The van der Waals surface area contributed by atoms with Crippen LogP contribution >= 0.6 is 0 Å². The van der Waals surface area contributed by atoms with E-state index in [-0.39, 0.29) is 11.7 Å². The number of amides is 1. The van der Waals surface area contributed by atoms with Crippen molar-refractivity contribution < 1.29 is 9.18 Å². The summed E-state index contributed by atoms with van der Waals surface area (Å²) in [6, 6.07) is 9.65. The number of aryl methyl sites for hydroxylation is 1. The second kappa shape index (κ2) is 6.39. The molecule has 23 heavy (non-hydrogen) atoms. The molecule has 1 aromatic carbocycles. The Morgan fingerprint density at radius 3 is 2.78 bits per heavy atom. The van der Waals surface area contributed by atoms with Crippen LogP contribution in [0.1, 0.15) is 21.7 Å². The zero-order valence-corrected chi connectivity index (χ0v) is 12.5. The summed E-state index contributed by atoms with van der Waals surface area (Å²) in [5.74, 6) is -0.575. The van der Waals surface area contributed by atoms with Gasteiger partial charge in [0.1, 0.15) is 11.5 Å². The quantitative estimate of drug-likeness (QED) is 0.806. The van der Waals surface area contributed by atoms with E-state index in [1.807, 2.05) is 19.1 Å². The molecule has 1 N–H and O–H groups in total. The molecule has 1 amide bonds. The number of nitrogens with one attached hydrogen (secondary N) is 1. The zero-order chi connectivity index (χ0) is 16.2. The molecule has 0 aliphatic heterocycles. The average Bonchev–Trinajstić information content (AvgIpc) is 3.03. The maximum absolute atomic E-state index is 13.0. The molecule has 3 rings (SSSR count). The summed E-state index contributed by atoms with van der Waals surface area (Å²) in [6.45, 7) is 2.30. The summed E-state index contributed by atoms with van der Waals surface area (Å²) in [6.07, 6.45) is 4.72. The lowest BCUT2D eigenvalue weighted by atomic mass is 10.2. The Kier molecular flexibility index (Phi) is 4.14. The van der Waals surface area contributed by atoms with Crippen LogP contribution in [0.15, 0.2) is 55.1 Å². The van der Waals surface area contributed by atoms with E-state index >= 15 is 0 Å². The molecule has 0 radical (unpaired) electrons. The number of hydrogen-bond acceptors (Lipinski definition) is 3. The SMILES string of the molecule is Cc1cc(CNC(=O)c2cncn2-c2ccc(F)cc2)ccn1. The van der Waals surface area contributed by atoms with E-state index < -0.39 is 0 Å². The zero-order valence-electron chi connectivity index (χ0n) is 12.5. The van der Waals surface area contributed by atoms with E-state index in [1.165, 1.54) is 24.7 Å². The van der Waals surface area contributed by atoms with Crippen molar-refractivity contribution in [2.45, 2.75) is 13.5 Å². The van der Waals surface area contributed by atoms with E-state index in [2.05, 4.69) is 15.3 Å². The van der Waals surface area contributed by atoms with Gasteiger partial charge >= 0.3 is 0 Å². The van der Waals surface area contributed by atoms with E-state index in [0.29, 0.717) is 17.9 Å². The van der Waals surface area contributed by atoms with E-state index in [9.17, 15) is 9.18 Å². The van der Waals surface area contributed by atoms with Crippen molar-refractivity contribution in [3.8, 4) is 5.69 Å². The number of carbonyl (C=O) groups is 1. The molecule has 6 heteroatoms. The number of hydrogen-bond donors (Lipinski definition) is 1. The smallest absolute Gasteiger partial charge is 0.270 e. The standard InChI is InChI=1S/C17H15FN4O/c1-12-8-13(6-7-20-12)9-21-17(23)16-10-19-11-22(16)15-4-2-14(18)3-5-15/h2-8,10-11H,9H2,1H3,(H,21,23). The number of rotatable bonds is 4. The van der Waals surface area contributed by atoms with Crippen LogP contribution in [0.2, 0.25) is 0 Å². The summed E-state index contributed by atoms with van der Waals surface area (Å²) >= 11 is 0. The molecule has 0 aliphatic rings. The lowest BCUT2D eigenvalue weighted by molar-refractivity contribution is 0.0944. The molecule has 0 spiro atoms. The normalized spacial score (nSPS) is 10.5. The molecule has 0 saturated carbocycles. The van der Waals surface area contributed by atoms with Crippen LogP contribution in [0, 0.1) is 12.7 Å². The Hall–Kier alpha value is -3.02. The minimum atomic E-state index is -0.326. The Bertz CT molecular complexity index is 827. The third-order valence-electron chi connectivity index (χ3n) is 3.39. The van der Waals surface area contributed by atoms with Gasteiger partial charge in [-0.3, -0.25) is 14.3 Å². The molecule has 0 fully saturated rings. The average molecular weight is 310 g/mol. The van der Waals surface area contributed by atoms with Crippen molar-refractivity contribution in [2.24, 2.45) is 0 Å². The van der Waals surface area contributed by atoms with Crippen LogP contribution in [0.3, 0.4) is 0 Å². The fourth-order valence-electron chi connectivity index (χ4n) is 2.26. The first-order valence-corrected chi connectivity index (χ1v) is 7.11. The first-order chi connectivity index (χ1) is 11.1. The van der Waals surface area contributed by atoms with Gasteiger partial charge < -0.3 is 5.32 Å². The maximum Gasteiger partial charge on any atom is 0.270 e. The maximum atomic E-state index is 13.0. The van der Waals surface area contributed by atoms with Gasteiger partial charge in [0.15, 0.2) is 0 Å². The fraction of sp³-hybridized carbons (Fsp3) is 0.118. The summed E-state index contributed by atoms with van der Waals surface area (Å²) < 4.78 is 14.6. The van der Waals surface area contributed by atoms with Gasteiger partial charge in [0.25, 0.3) is 5.91 Å². The highest BCUT2D eigenvalue weighted by molar-refractivity contribution is 5.92. The number of imidazole rings is 1. The van der Waals surface area contributed by atoms with Gasteiger partial charge in [-0.1, -0.05) is 0 Å². The van der Waals surface area contributed by atoms with Crippen molar-refractivity contribution in [2.75, 3.05) is 0 Å². The molecule has 0 unspecified atom stereocenters. The van der Waals surface area contributed by atoms with Gasteiger partial charge in [0.2, 0.25) is 0 Å². The van der Waals surface area contributed by atoms with E-state index in [1.54, 1.807) is 22.9 Å². The van der Waals surface area contributed by atoms with Gasteiger partial charge in [-0.15, -0.1) is 0 Å². The minimum absolute atomic E-state index is 0.249. The summed E-state index contributed by atoms with van der Waals surface area (Å²) in [7, 11) is 0. The van der Waals surface area contributed by atoms with Crippen LogP contribution in [-0.2, 0) is 6.54 Å². The highest BCUT2D eigenvalue weighted by Crippen LogP contribution is 2.12. The second-order valence-electron chi connectivity index (χ2n) is 5.11. The Morgan fingerprint density at radius 2 is 2.04 bits per heavy atom. The fourth-order valence-corrected chi connectivity index (χ4v) is 2.26. The lowest BCUT2D eigenvalue weighted by Crippen LogP contribution is -2.25. The third-order valence-corrected chi connectivity index (χ3v) is 3.39. The van der Waals surface area contributed by atoms with Crippen molar-refractivity contribution in [1.82, 2.24) is 19.9 Å². The third kappa shape index (κ3) is 3.42. The number of nitrogens with zero attached hydrogens (tertiary/aromatic N) is 3. The number of benzene rings is 1. The molecular weight excluding hydrogens is 295 g/mol. The minimum Gasteiger partial charge on any atom is -0.347 e. The Labute approximate surface area is 132 Å². The second-order valence-corrected chi connectivity index (χ2v) is 5.11. The first kappa shape index (κ1) is 14.9. The number of carbonyl (C=O) groups excluding carboxylic acids is 1. The molecule has 116 valence electrons. The highest BCUT2D eigenvalue weighted by atomic mass is 19.1. The summed E-state index contributed by atoms with van der Waals surface area (Å²) in [5.41, 5.74) is 2.93. The molecule has 2 heterocycles. The van der Waals surface area contributed by atoms with Crippen molar-refractivity contribution in [3.63, 3.8) is 0 Å². The molecule has 2 aromatic heterocycles. The molecule has 0 bridgehead atoms. The lowest BCUT2D eigenvalue weighted by Gasteiger charge is -2.09. The molecule has 5 nitrogen and oxygen atoms in total. The van der Waals surface area contributed by atoms with Crippen LogP contribution in [-0.4, -0.2) is 20.4 Å². The van der Waals surface area contributed by atoms with Crippen LogP contribution in [0.5, 0.6) is 0 Å². The van der Waals surface area contributed by atoms with Gasteiger partial charge in [-0.2, -0.15) is 0 Å². The number of pyridine rings is 1. The van der Waals surface area contributed by atoms with Gasteiger partial charge in [0.05, 0.1) is 12.5 Å². The van der Waals surface area contributed by atoms with E-state index in [0.717, 1.165) is 11.3 Å². The molecular formula is C17H15FN4O. The molecule has 0 atom stereocenters. The number of aromatic nitrogens is 3. The largest absolute Gasteiger partial charge is 0.347 e. The van der Waals surface area contributed by atoms with Crippen LogP contribution in [0.4, 0.5) is 4.39 Å². The van der Waals surface area contributed by atoms with Gasteiger partial charge in [0, 0.05) is 24.1 Å². The van der Waals surface area contributed by atoms with Crippen LogP contribution in [0.25, 0.3) is 5.69 Å². The highest BCUT2D eigenvalue weighted by Gasteiger charge is 2.13. The van der Waals surface area contributed by atoms with E-state index in [4.69, 9.17) is 0 Å². The van der Waals surface area contributed by atoms with Crippen molar-refractivity contribution in [1.29, 1.82) is 0 Å². The Morgan fingerprint density at radius 1 is 1.26 bits per heavy atom. The van der Waals surface area contributed by atoms with Crippen molar-refractivity contribution >= 4 is 5.91 Å². The van der Waals surface area contributed by atoms with Crippen LogP contribution < -0.4 is 5.32 Å². The molecule has 0 saturated heterocycles. The predicted octanol–water partition coefficient (Wildman–Crippen LogP) is 2.64. The molecule has 0 aliphatic carbocycles. The van der Waals surface area contributed by atoms with Gasteiger partial charge in [-0.25, -0.2) is 9.37 Å². The summed E-state index contributed by atoms with van der Waals surface area (Å²) in [4.78, 5) is 20.5. The monoisotopic (exact) mass is 310 g/mol. The predicted molar refractivity (Wildman–Crippen MR) is 83.7 cm³/mol.